The lowest BCUT2D eigenvalue weighted by Gasteiger charge is -2.31. The number of hydrogen-bond donors (Lipinski definition) is 1. The van der Waals surface area contributed by atoms with Gasteiger partial charge in [0, 0.05) is 30.6 Å². The second-order valence-corrected chi connectivity index (χ2v) is 6.27. The van der Waals surface area contributed by atoms with E-state index in [-0.39, 0.29) is 5.91 Å². The van der Waals surface area contributed by atoms with Crippen molar-refractivity contribution in [2.75, 3.05) is 27.3 Å². The predicted octanol–water partition coefficient (Wildman–Crippen LogP) is 1.62. The molecule has 1 fully saturated rings. The van der Waals surface area contributed by atoms with E-state index in [2.05, 4.69) is 20.6 Å². The quantitative estimate of drug-likeness (QED) is 0.885. The van der Waals surface area contributed by atoms with E-state index in [0.29, 0.717) is 23.0 Å². The minimum atomic E-state index is 0.00890. The molecule has 0 saturated carbocycles. The Morgan fingerprint density at radius 1 is 1.24 bits per heavy atom. The van der Waals surface area contributed by atoms with Crippen LogP contribution in [-0.2, 0) is 6.42 Å². The Labute approximate surface area is 146 Å². The van der Waals surface area contributed by atoms with E-state index in [9.17, 15) is 4.79 Å². The Bertz CT molecular complexity index is 699. The van der Waals surface area contributed by atoms with Crippen molar-refractivity contribution in [3.63, 3.8) is 0 Å². The van der Waals surface area contributed by atoms with Crippen LogP contribution >= 0.6 is 0 Å². The van der Waals surface area contributed by atoms with Gasteiger partial charge in [-0.05, 0) is 37.8 Å². The number of ether oxygens (including phenoxy) is 2. The maximum atomic E-state index is 12.8. The number of carbonyl (C=O) groups is 1. The van der Waals surface area contributed by atoms with Gasteiger partial charge in [-0.2, -0.15) is 5.21 Å². The number of aromatic amines is 1. The summed E-state index contributed by atoms with van der Waals surface area (Å²) < 4.78 is 10.7. The molecule has 3 rings (SSSR count). The van der Waals surface area contributed by atoms with Gasteiger partial charge in [0.15, 0.2) is 5.82 Å². The molecule has 1 amide bonds. The number of methoxy groups -OCH3 is 2. The Morgan fingerprint density at radius 3 is 2.40 bits per heavy atom. The van der Waals surface area contributed by atoms with Gasteiger partial charge in [-0.15, -0.1) is 10.2 Å². The number of aromatic nitrogens is 4. The third-order valence-corrected chi connectivity index (χ3v) is 4.76. The first-order valence-corrected chi connectivity index (χ1v) is 8.36. The van der Waals surface area contributed by atoms with Crippen LogP contribution in [0.2, 0.25) is 0 Å². The van der Waals surface area contributed by atoms with Crippen LogP contribution in [-0.4, -0.2) is 58.7 Å². The zero-order valence-electron chi connectivity index (χ0n) is 14.8. The number of rotatable bonds is 5. The molecule has 1 aromatic heterocycles. The average molecular weight is 345 g/mol. The number of tetrazole rings is 1. The molecule has 0 radical (unpaired) electrons. The van der Waals surface area contributed by atoms with E-state index in [0.717, 1.165) is 43.7 Å². The Kier molecular flexibility index (Phi) is 5.16. The highest BCUT2D eigenvalue weighted by atomic mass is 16.5. The van der Waals surface area contributed by atoms with Crippen LogP contribution in [0.5, 0.6) is 11.5 Å². The van der Waals surface area contributed by atoms with Gasteiger partial charge in [-0.3, -0.25) is 4.79 Å². The van der Waals surface area contributed by atoms with E-state index in [4.69, 9.17) is 9.47 Å². The van der Waals surface area contributed by atoms with Crippen LogP contribution in [0.25, 0.3) is 0 Å². The summed E-state index contributed by atoms with van der Waals surface area (Å²) in [7, 11) is 3.19. The summed E-state index contributed by atoms with van der Waals surface area (Å²) in [5, 5.41) is 14.1. The van der Waals surface area contributed by atoms with E-state index < -0.39 is 0 Å². The van der Waals surface area contributed by atoms with E-state index in [1.807, 2.05) is 11.8 Å². The first kappa shape index (κ1) is 17.2. The Balaban J connectivity index is 1.66. The number of benzene rings is 1. The van der Waals surface area contributed by atoms with E-state index in [1.54, 1.807) is 26.4 Å². The lowest BCUT2D eigenvalue weighted by Crippen LogP contribution is -2.39. The van der Waals surface area contributed by atoms with Gasteiger partial charge in [-0.1, -0.05) is 5.21 Å². The number of piperidine rings is 1. The molecule has 1 saturated heterocycles. The van der Waals surface area contributed by atoms with Crippen molar-refractivity contribution in [2.24, 2.45) is 5.92 Å². The lowest BCUT2D eigenvalue weighted by atomic mass is 9.93. The fourth-order valence-corrected chi connectivity index (χ4v) is 3.26. The maximum absolute atomic E-state index is 12.8. The molecule has 0 aliphatic carbocycles. The first-order valence-electron chi connectivity index (χ1n) is 8.36. The van der Waals surface area contributed by atoms with Gasteiger partial charge in [0.2, 0.25) is 0 Å². The monoisotopic (exact) mass is 345 g/mol. The molecule has 8 nitrogen and oxygen atoms in total. The number of nitrogens with zero attached hydrogens (tertiary/aromatic N) is 4. The molecule has 1 N–H and O–H groups in total. The Morgan fingerprint density at radius 2 is 1.88 bits per heavy atom. The number of carbonyl (C=O) groups excluding carboxylic acids is 1. The van der Waals surface area contributed by atoms with Crippen molar-refractivity contribution in [3.05, 3.63) is 29.1 Å². The minimum absolute atomic E-state index is 0.00890. The summed E-state index contributed by atoms with van der Waals surface area (Å²) >= 11 is 0. The molecule has 8 heteroatoms. The van der Waals surface area contributed by atoms with Crippen molar-refractivity contribution < 1.29 is 14.3 Å². The highest BCUT2D eigenvalue weighted by molar-refractivity contribution is 5.95. The SMILES string of the molecule is COc1cc(C(=O)N2CCC(Cc3nn[nH]n3)CC2)cc(OC)c1C. The van der Waals surface area contributed by atoms with E-state index >= 15 is 0 Å². The third kappa shape index (κ3) is 3.72. The largest absolute Gasteiger partial charge is 0.496 e. The van der Waals surface area contributed by atoms with Crippen molar-refractivity contribution in [1.82, 2.24) is 25.5 Å². The fraction of sp³-hybridized carbons (Fsp3) is 0.529. The van der Waals surface area contributed by atoms with Crippen LogP contribution in [0.15, 0.2) is 12.1 Å². The van der Waals surface area contributed by atoms with Gasteiger partial charge < -0.3 is 14.4 Å². The highest BCUT2D eigenvalue weighted by Gasteiger charge is 2.25. The second-order valence-electron chi connectivity index (χ2n) is 6.27. The van der Waals surface area contributed by atoms with Gasteiger partial charge in [0.1, 0.15) is 11.5 Å². The summed E-state index contributed by atoms with van der Waals surface area (Å²) in [6.07, 6.45) is 2.66. The topological polar surface area (TPSA) is 93.2 Å². The molecule has 25 heavy (non-hydrogen) atoms. The van der Waals surface area contributed by atoms with Crippen LogP contribution in [0, 0.1) is 12.8 Å². The molecule has 0 bridgehead atoms. The summed E-state index contributed by atoms with van der Waals surface area (Å²) in [6.45, 7) is 3.36. The highest BCUT2D eigenvalue weighted by Crippen LogP contribution is 2.30. The maximum Gasteiger partial charge on any atom is 0.254 e. The molecular formula is C17H23N5O3. The summed E-state index contributed by atoms with van der Waals surface area (Å²) in [5.74, 6) is 2.54. The minimum Gasteiger partial charge on any atom is -0.496 e. The van der Waals surface area contributed by atoms with Crippen LogP contribution in [0.4, 0.5) is 0 Å². The lowest BCUT2D eigenvalue weighted by molar-refractivity contribution is 0.0689. The zero-order valence-corrected chi connectivity index (χ0v) is 14.8. The van der Waals surface area contributed by atoms with Crippen molar-refractivity contribution in [2.45, 2.75) is 26.2 Å². The van der Waals surface area contributed by atoms with E-state index in [1.165, 1.54) is 0 Å². The molecule has 2 heterocycles. The predicted molar refractivity (Wildman–Crippen MR) is 90.8 cm³/mol. The van der Waals surface area contributed by atoms with Crippen LogP contribution in [0.3, 0.4) is 0 Å². The summed E-state index contributed by atoms with van der Waals surface area (Å²) in [6, 6.07) is 3.57. The molecule has 0 unspecified atom stereocenters. The molecule has 1 aliphatic rings. The third-order valence-electron chi connectivity index (χ3n) is 4.76. The van der Waals surface area contributed by atoms with Crippen molar-refractivity contribution in [3.8, 4) is 11.5 Å². The average Bonchev–Trinajstić information content (AvgIpc) is 3.15. The Hall–Kier alpha value is -2.64. The molecule has 2 aromatic rings. The molecule has 0 spiro atoms. The molecule has 1 aliphatic heterocycles. The summed E-state index contributed by atoms with van der Waals surface area (Å²) in [5.41, 5.74) is 1.48. The second kappa shape index (κ2) is 7.50. The van der Waals surface area contributed by atoms with Gasteiger partial charge in [0.05, 0.1) is 14.2 Å². The number of likely N-dealkylation sites (tertiary alicyclic amines) is 1. The van der Waals surface area contributed by atoms with Crippen molar-refractivity contribution in [1.29, 1.82) is 0 Å². The molecule has 0 atom stereocenters. The number of H-pyrrole nitrogens is 1. The van der Waals surface area contributed by atoms with Gasteiger partial charge in [-0.25, -0.2) is 0 Å². The smallest absolute Gasteiger partial charge is 0.254 e. The number of amides is 1. The van der Waals surface area contributed by atoms with Crippen LogP contribution < -0.4 is 9.47 Å². The molecular weight excluding hydrogens is 322 g/mol. The molecule has 134 valence electrons. The number of hydrogen-bond acceptors (Lipinski definition) is 6. The standard InChI is InChI=1S/C17H23N5O3/c1-11-14(24-2)9-13(10-15(11)25-3)17(23)22-6-4-12(5-7-22)8-16-18-20-21-19-16/h9-10,12H,4-8H2,1-3H3,(H,18,19,20,21). The van der Waals surface area contributed by atoms with Crippen molar-refractivity contribution >= 4 is 5.91 Å². The first-order chi connectivity index (χ1) is 12.1. The van der Waals surface area contributed by atoms with Crippen LogP contribution in [0.1, 0.15) is 34.6 Å². The van der Waals surface area contributed by atoms with Gasteiger partial charge in [0.25, 0.3) is 5.91 Å². The zero-order chi connectivity index (χ0) is 17.8. The summed E-state index contributed by atoms with van der Waals surface area (Å²) in [4.78, 5) is 14.7. The van der Waals surface area contributed by atoms with Gasteiger partial charge >= 0.3 is 0 Å². The fourth-order valence-electron chi connectivity index (χ4n) is 3.26. The number of nitrogens with one attached hydrogen (secondary N) is 1. The normalized spacial score (nSPS) is 15.2. The molecule has 1 aromatic carbocycles.